The van der Waals surface area contributed by atoms with E-state index in [4.69, 9.17) is 14.2 Å². The molecule has 56 heavy (non-hydrogen) atoms. The van der Waals surface area contributed by atoms with Gasteiger partial charge in [0.05, 0.1) is 22.7 Å². The van der Waals surface area contributed by atoms with Crippen LogP contribution in [0.4, 0.5) is 5.69 Å². The number of nitrogens with zero attached hydrogens (tertiary/aromatic N) is 2. The maximum absolute atomic E-state index is 14.3. The summed E-state index contributed by atoms with van der Waals surface area (Å²) in [4.78, 5) is 68.9. The van der Waals surface area contributed by atoms with Crippen LogP contribution in [0.15, 0.2) is 78.4 Å². The molecule has 1 saturated heterocycles. The average molecular weight is 777 g/mol. The molecule has 2 aromatic rings. The van der Waals surface area contributed by atoms with Crippen molar-refractivity contribution in [3.8, 4) is 0 Å². The lowest BCUT2D eigenvalue weighted by atomic mass is 9.93. The van der Waals surface area contributed by atoms with Crippen LogP contribution in [0.2, 0.25) is 0 Å². The van der Waals surface area contributed by atoms with Crippen molar-refractivity contribution in [2.24, 2.45) is 11.8 Å². The first kappa shape index (κ1) is 43.8. The molecule has 2 aliphatic heterocycles. The normalized spacial score (nSPS) is 30.6. The maximum Gasteiger partial charge on any atom is 0.332 e. The van der Waals surface area contributed by atoms with Gasteiger partial charge in [0.2, 0.25) is 11.8 Å². The molecule has 2 heterocycles. The molecule has 1 fully saturated rings. The number of rotatable bonds is 8. The monoisotopic (exact) mass is 776 g/mol. The number of carbonyl (C=O) groups excluding carboxylic acids is 4. The number of non-ortho nitro benzene ring substituents is 1. The Hall–Kier alpha value is -4.92. The van der Waals surface area contributed by atoms with E-state index in [1.807, 2.05) is 76.3 Å². The van der Waals surface area contributed by atoms with Crippen LogP contribution in [-0.2, 0) is 39.8 Å². The predicted octanol–water partition coefficient (Wildman–Crippen LogP) is 4.75. The van der Waals surface area contributed by atoms with E-state index in [1.54, 1.807) is 14.0 Å². The van der Waals surface area contributed by atoms with E-state index in [0.717, 1.165) is 5.57 Å². The Kier molecular flexibility index (Phi) is 14.4. The second-order valence-electron chi connectivity index (χ2n) is 15.6. The van der Waals surface area contributed by atoms with Crippen molar-refractivity contribution in [1.82, 2.24) is 15.5 Å². The highest BCUT2D eigenvalue weighted by atomic mass is 16.6. The molecule has 4 rings (SSSR count). The first-order valence-electron chi connectivity index (χ1n) is 19.0. The predicted molar refractivity (Wildman–Crippen MR) is 209 cm³/mol. The Labute approximate surface area is 328 Å². The quantitative estimate of drug-likeness (QED) is 0.146. The molecular weight excluding hydrogens is 720 g/mol. The minimum absolute atomic E-state index is 0.143. The second-order valence-corrected chi connectivity index (χ2v) is 15.6. The Morgan fingerprint density at radius 3 is 2.29 bits per heavy atom. The highest BCUT2D eigenvalue weighted by Gasteiger charge is 2.61. The van der Waals surface area contributed by atoms with Crippen LogP contribution in [0.1, 0.15) is 78.5 Å². The number of amides is 3. The zero-order valence-electron chi connectivity index (χ0n) is 33.7. The summed E-state index contributed by atoms with van der Waals surface area (Å²) in [5.41, 5.74) is -1.19. The molecule has 3 N–H and O–H groups in total. The van der Waals surface area contributed by atoms with Gasteiger partial charge in [0, 0.05) is 45.0 Å². The largest absolute Gasteiger partial charge is 0.455 e. The van der Waals surface area contributed by atoms with E-state index < -0.39 is 76.3 Å². The highest BCUT2D eigenvalue weighted by molar-refractivity contribution is 5.96. The third kappa shape index (κ3) is 10.5. The molecule has 14 heteroatoms. The van der Waals surface area contributed by atoms with Gasteiger partial charge in [-0.3, -0.25) is 24.5 Å². The number of allylic oxidation sites excluding steroid dienone is 2. The van der Waals surface area contributed by atoms with Crippen molar-refractivity contribution in [3.05, 3.63) is 99.6 Å². The summed E-state index contributed by atoms with van der Waals surface area (Å²) < 4.78 is 17.9. The molecule has 0 radical (unpaired) electrons. The molecule has 0 bridgehead atoms. The average Bonchev–Trinajstić information content (AvgIpc) is 3.83. The number of nitro groups is 1. The van der Waals surface area contributed by atoms with Gasteiger partial charge in [0.1, 0.15) is 18.2 Å². The van der Waals surface area contributed by atoms with E-state index in [9.17, 15) is 34.4 Å². The molecule has 2 aliphatic rings. The molecule has 3 amide bonds. The lowest BCUT2D eigenvalue weighted by Gasteiger charge is -2.35. The Morgan fingerprint density at radius 1 is 1.07 bits per heavy atom. The third-order valence-electron chi connectivity index (χ3n) is 10.8. The van der Waals surface area contributed by atoms with Crippen LogP contribution >= 0.6 is 0 Å². The van der Waals surface area contributed by atoms with Gasteiger partial charge >= 0.3 is 5.97 Å². The first-order valence-corrected chi connectivity index (χ1v) is 19.0. The number of hydrogen-bond donors (Lipinski definition) is 3. The third-order valence-corrected chi connectivity index (χ3v) is 10.8. The molecule has 0 spiro atoms. The SMILES string of the molecule is CC[C@H](C)[C@H]1C(=O)N[C@H](Cc2ccc([N+](=O)[O-])cc2)C(=O)N[C@@H](C(C)(C)O)C(=O)O[C@H](c2ccccc2)[C@H](C)/C=C\C=C(\C)[C@H](OC)C[C@@H]2O[C@@]2(C)C(=O)N1C. The summed E-state index contributed by atoms with van der Waals surface area (Å²) in [5, 5.41) is 28.1. The fraction of sp³-hybridized carbons (Fsp3) is 0.524. The smallest absolute Gasteiger partial charge is 0.332 e. The van der Waals surface area contributed by atoms with Crippen molar-refractivity contribution in [3.63, 3.8) is 0 Å². The van der Waals surface area contributed by atoms with Crippen LogP contribution < -0.4 is 10.6 Å². The van der Waals surface area contributed by atoms with Gasteiger partial charge in [-0.05, 0) is 50.3 Å². The van der Waals surface area contributed by atoms with Crippen LogP contribution in [0.5, 0.6) is 0 Å². The summed E-state index contributed by atoms with van der Waals surface area (Å²) >= 11 is 0. The molecular formula is C42H56N4O10. The number of methoxy groups -OCH3 is 1. The number of likely N-dealkylation sites (N-methyl/N-ethyl adjacent to an activating group) is 1. The topological polar surface area (TPSA) is 190 Å². The molecule has 2 aromatic carbocycles. The van der Waals surface area contributed by atoms with Gasteiger partial charge in [-0.15, -0.1) is 0 Å². The number of esters is 1. The zero-order chi connectivity index (χ0) is 41.5. The fourth-order valence-corrected chi connectivity index (χ4v) is 7.03. The standard InChI is InChI=1S/C42H56N4O10/c1-10-25(2)34-38(48)43-31(23-28-19-21-30(22-20-28)46(52)53)37(47)44-36(41(5,6)51)39(49)55-35(29-17-12-11-13-18-29)27(4)16-14-15-26(3)32(54-9)24-33-42(7,56-33)40(50)45(34)8/h11-22,25,27,31-36,51H,10,23-24H2,1-9H3,(H,43,48)(H,44,47)/b16-14-,26-15-/t25-,27+,31+,32+,33-,34-,35-,36+,42+/m0/s1. The highest BCUT2D eigenvalue weighted by Crippen LogP contribution is 2.42. The Morgan fingerprint density at radius 2 is 1.71 bits per heavy atom. The molecule has 304 valence electrons. The number of benzene rings is 2. The maximum atomic E-state index is 14.3. The van der Waals surface area contributed by atoms with Crippen LogP contribution in [-0.4, -0.2) is 94.3 Å². The Balaban J connectivity index is 1.81. The molecule has 0 saturated carbocycles. The zero-order valence-corrected chi connectivity index (χ0v) is 33.7. The van der Waals surface area contributed by atoms with Gasteiger partial charge in [-0.25, -0.2) is 4.79 Å². The summed E-state index contributed by atoms with van der Waals surface area (Å²) in [6, 6.07) is 10.6. The van der Waals surface area contributed by atoms with E-state index in [-0.39, 0.29) is 23.9 Å². The molecule has 0 unspecified atom stereocenters. The van der Waals surface area contributed by atoms with Gasteiger partial charge in [0.15, 0.2) is 11.6 Å². The van der Waals surface area contributed by atoms with E-state index in [2.05, 4.69) is 10.6 Å². The number of fused-ring (bicyclic) bond motifs is 1. The van der Waals surface area contributed by atoms with Gasteiger partial charge in [-0.2, -0.15) is 0 Å². The lowest BCUT2D eigenvalue weighted by molar-refractivity contribution is -0.384. The van der Waals surface area contributed by atoms with Crippen LogP contribution in [0.25, 0.3) is 0 Å². The van der Waals surface area contributed by atoms with Crippen LogP contribution in [0.3, 0.4) is 0 Å². The number of epoxide rings is 1. The number of cyclic esters (lactones) is 1. The van der Waals surface area contributed by atoms with E-state index >= 15 is 0 Å². The second kappa shape index (κ2) is 18.4. The minimum Gasteiger partial charge on any atom is -0.455 e. The lowest BCUT2D eigenvalue weighted by Crippen LogP contribution is -2.61. The first-order chi connectivity index (χ1) is 26.3. The summed E-state index contributed by atoms with van der Waals surface area (Å²) in [5.74, 6) is -3.52. The molecule has 0 aromatic heterocycles. The van der Waals surface area contributed by atoms with Crippen LogP contribution in [0, 0.1) is 22.0 Å². The molecule has 9 atom stereocenters. The summed E-state index contributed by atoms with van der Waals surface area (Å²) in [6.45, 7) is 11.9. The van der Waals surface area contributed by atoms with E-state index in [0.29, 0.717) is 24.0 Å². The minimum atomic E-state index is -1.83. The number of nitrogens with one attached hydrogen (secondary N) is 2. The molecule has 14 nitrogen and oxygen atoms in total. The summed E-state index contributed by atoms with van der Waals surface area (Å²) in [7, 11) is 3.11. The molecule has 0 aliphatic carbocycles. The number of nitro benzene ring substituents is 1. The van der Waals surface area contributed by atoms with Gasteiger partial charge < -0.3 is 34.9 Å². The van der Waals surface area contributed by atoms with Crippen molar-refractivity contribution >= 4 is 29.4 Å². The number of ether oxygens (including phenoxy) is 3. The van der Waals surface area contributed by atoms with Crippen molar-refractivity contribution < 1.29 is 43.4 Å². The summed E-state index contributed by atoms with van der Waals surface area (Å²) in [6.07, 6.45) is 4.63. The number of hydrogen-bond acceptors (Lipinski definition) is 10. The van der Waals surface area contributed by atoms with Crippen molar-refractivity contribution in [2.75, 3.05) is 14.2 Å². The number of aliphatic hydroxyl groups is 1. The number of carbonyl (C=O) groups is 4. The van der Waals surface area contributed by atoms with Gasteiger partial charge in [-0.1, -0.05) is 87.9 Å². The fourth-order valence-electron chi connectivity index (χ4n) is 7.03. The van der Waals surface area contributed by atoms with E-state index in [1.165, 1.54) is 50.1 Å². The Bertz CT molecular complexity index is 1790. The van der Waals surface area contributed by atoms with Gasteiger partial charge in [0.25, 0.3) is 11.6 Å². The van der Waals surface area contributed by atoms with Crippen molar-refractivity contribution in [2.45, 2.75) is 115 Å². The van der Waals surface area contributed by atoms with Crippen molar-refractivity contribution in [1.29, 1.82) is 0 Å².